The molecular weight excluding hydrogens is 555 g/mol. The number of carboxylic acids is 1. The van der Waals surface area contributed by atoms with E-state index in [1.54, 1.807) is 48.5 Å². The molecule has 0 aliphatic heterocycles. The summed E-state index contributed by atoms with van der Waals surface area (Å²) in [5.74, 6) is -1.32. The molecule has 2 N–H and O–H groups in total. The van der Waals surface area contributed by atoms with Gasteiger partial charge >= 0.3 is 5.97 Å². The quantitative estimate of drug-likeness (QED) is 0.265. The van der Waals surface area contributed by atoms with Crippen molar-refractivity contribution < 1.29 is 14.7 Å². The summed E-state index contributed by atoms with van der Waals surface area (Å²) in [6.07, 6.45) is 1.93. The van der Waals surface area contributed by atoms with Gasteiger partial charge < -0.3 is 10.4 Å². The molecule has 0 atom stereocenters. The SMILES string of the molecule is O=C(CCc1ccc(-n2c(-n3cc(Cl)nn3)nc(-c3ccccc3)c(Cl)c2=O)cc1)Nc1ccccc1C(=O)O. The summed E-state index contributed by atoms with van der Waals surface area (Å²) in [5, 5.41) is 19.8. The molecule has 12 heteroatoms. The van der Waals surface area contributed by atoms with E-state index in [1.165, 1.54) is 27.6 Å². The molecule has 0 radical (unpaired) electrons. The van der Waals surface area contributed by atoms with Gasteiger partial charge in [0.2, 0.25) is 11.9 Å². The van der Waals surface area contributed by atoms with Crippen LogP contribution in [-0.4, -0.2) is 41.5 Å². The molecule has 0 saturated carbocycles. The fourth-order valence-corrected chi connectivity index (χ4v) is 4.43. The Balaban J connectivity index is 1.42. The number of aromatic carboxylic acids is 1. The van der Waals surface area contributed by atoms with Gasteiger partial charge in [-0.2, -0.15) is 4.68 Å². The zero-order valence-corrected chi connectivity index (χ0v) is 22.2. The molecule has 0 aliphatic rings. The van der Waals surface area contributed by atoms with Crippen LogP contribution in [0, 0.1) is 0 Å². The highest BCUT2D eigenvalue weighted by atomic mass is 35.5. The lowest BCUT2D eigenvalue weighted by Gasteiger charge is -2.15. The molecule has 200 valence electrons. The summed E-state index contributed by atoms with van der Waals surface area (Å²) in [6.45, 7) is 0. The molecule has 10 nitrogen and oxygen atoms in total. The number of anilines is 1. The average molecular weight is 575 g/mol. The number of hydrogen-bond donors (Lipinski definition) is 2. The van der Waals surface area contributed by atoms with Crippen LogP contribution in [0.4, 0.5) is 5.69 Å². The van der Waals surface area contributed by atoms with Crippen molar-refractivity contribution in [2.75, 3.05) is 5.32 Å². The van der Waals surface area contributed by atoms with E-state index in [-0.39, 0.29) is 45.4 Å². The Kier molecular flexibility index (Phi) is 7.72. The maximum atomic E-state index is 13.5. The average Bonchev–Trinajstić information content (AvgIpc) is 3.40. The van der Waals surface area contributed by atoms with Crippen LogP contribution < -0.4 is 10.9 Å². The topological polar surface area (TPSA) is 132 Å². The van der Waals surface area contributed by atoms with Gasteiger partial charge in [-0.15, -0.1) is 5.10 Å². The molecule has 1 amide bonds. The molecule has 5 aromatic rings. The first kappa shape index (κ1) is 26.8. The summed E-state index contributed by atoms with van der Waals surface area (Å²) in [6, 6.07) is 22.2. The maximum absolute atomic E-state index is 13.5. The second kappa shape index (κ2) is 11.5. The van der Waals surface area contributed by atoms with Crippen molar-refractivity contribution in [2.45, 2.75) is 12.8 Å². The van der Waals surface area contributed by atoms with Crippen molar-refractivity contribution in [3.05, 3.63) is 117 Å². The Morgan fingerprint density at radius 3 is 2.30 bits per heavy atom. The third-order valence-electron chi connectivity index (χ3n) is 5.99. The lowest BCUT2D eigenvalue weighted by Crippen LogP contribution is -2.26. The van der Waals surface area contributed by atoms with Gasteiger partial charge in [0.25, 0.3) is 5.56 Å². The minimum Gasteiger partial charge on any atom is -0.478 e. The zero-order chi connectivity index (χ0) is 28.2. The maximum Gasteiger partial charge on any atom is 0.337 e. The molecule has 0 fully saturated rings. The number of aryl methyl sites for hydroxylation is 1. The number of aromatic nitrogens is 5. The van der Waals surface area contributed by atoms with E-state index in [2.05, 4.69) is 20.6 Å². The Hall–Kier alpha value is -4.80. The highest BCUT2D eigenvalue weighted by Crippen LogP contribution is 2.26. The van der Waals surface area contributed by atoms with E-state index in [9.17, 15) is 19.5 Å². The van der Waals surface area contributed by atoms with Crippen LogP contribution >= 0.6 is 23.2 Å². The Labute approximate surface area is 237 Å². The minimum absolute atomic E-state index is 0.0145. The third-order valence-corrected chi connectivity index (χ3v) is 6.51. The van der Waals surface area contributed by atoms with Crippen molar-refractivity contribution in [1.29, 1.82) is 0 Å². The predicted molar refractivity (Wildman–Crippen MR) is 151 cm³/mol. The molecule has 3 aromatic carbocycles. The van der Waals surface area contributed by atoms with E-state index < -0.39 is 11.5 Å². The molecule has 2 aromatic heterocycles. The van der Waals surface area contributed by atoms with Crippen LogP contribution in [0.15, 0.2) is 89.9 Å². The van der Waals surface area contributed by atoms with E-state index in [4.69, 9.17) is 23.2 Å². The van der Waals surface area contributed by atoms with Crippen LogP contribution in [-0.2, 0) is 11.2 Å². The van der Waals surface area contributed by atoms with Crippen molar-refractivity contribution >= 4 is 40.8 Å². The number of carbonyl (C=O) groups excluding carboxylic acids is 1. The van der Waals surface area contributed by atoms with Gasteiger partial charge in [-0.1, -0.05) is 83.0 Å². The molecule has 0 aliphatic carbocycles. The smallest absolute Gasteiger partial charge is 0.337 e. The highest BCUT2D eigenvalue weighted by molar-refractivity contribution is 6.32. The van der Waals surface area contributed by atoms with Crippen LogP contribution in [0.3, 0.4) is 0 Å². The van der Waals surface area contributed by atoms with Crippen molar-refractivity contribution in [1.82, 2.24) is 24.5 Å². The number of rotatable bonds is 8. The molecule has 2 heterocycles. The zero-order valence-electron chi connectivity index (χ0n) is 20.7. The number of para-hydroxylation sites is 1. The van der Waals surface area contributed by atoms with E-state index in [0.717, 1.165) is 5.56 Å². The monoisotopic (exact) mass is 574 g/mol. The summed E-state index contributed by atoms with van der Waals surface area (Å²) < 4.78 is 2.60. The second-order valence-electron chi connectivity index (χ2n) is 8.63. The Morgan fingerprint density at radius 1 is 0.925 bits per heavy atom. The van der Waals surface area contributed by atoms with Gasteiger partial charge in [0.15, 0.2) is 5.15 Å². The van der Waals surface area contributed by atoms with Crippen molar-refractivity contribution in [2.24, 2.45) is 0 Å². The fraction of sp³-hybridized carbons (Fsp3) is 0.0714. The largest absolute Gasteiger partial charge is 0.478 e. The van der Waals surface area contributed by atoms with Gasteiger partial charge in [0.05, 0.1) is 28.8 Å². The summed E-state index contributed by atoms with van der Waals surface area (Å²) in [4.78, 5) is 42.0. The number of benzene rings is 3. The number of amides is 1. The summed E-state index contributed by atoms with van der Waals surface area (Å²) in [7, 11) is 0. The highest BCUT2D eigenvalue weighted by Gasteiger charge is 2.20. The van der Waals surface area contributed by atoms with Crippen molar-refractivity contribution in [3.63, 3.8) is 0 Å². The van der Waals surface area contributed by atoms with Gasteiger partial charge in [-0.3, -0.25) is 9.59 Å². The number of halogens is 2. The first-order chi connectivity index (χ1) is 19.3. The second-order valence-corrected chi connectivity index (χ2v) is 9.40. The molecule has 40 heavy (non-hydrogen) atoms. The van der Waals surface area contributed by atoms with E-state index in [1.807, 2.05) is 18.2 Å². The number of nitrogens with one attached hydrogen (secondary N) is 1. The van der Waals surface area contributed by atoms with E-state index >= 15 is 0 Å². The molecule has 5 rings (SSSR count). The van der Waals surface area contributed by atoms with Crippen LogP contribution in [0.5, 0.6) is 0 Å². The molecule has 0 spiro atoms. The standard InChI is InChI=1S/C28H20Cl2N6O4/c29-22-16-35(34-33-22)28-32-25(18-6-2-1-3-7-18)24(30)26(38)36(28)19-13-10-17(11-14-19)12-15-23(37)31-21-9-5-4-8-20(21)27(39)40/h1-11,13-14,16H,12,15H2,(H,31,37)(H,39,40). The Morgan fingerprint density at radius 2 is 1.62 bits per heavy atom. The van der Waals surface area contributed by atoms with Crippen LogP contribution in [0.2, 0.25) is 10.2 Å². The molecule has 0 unspecified atom stereocenters. The van der Waals surface area contributed by atoms with Gasteiger partial charge in [0.1, 0.15) is 5.02 Å². The first-order valence-corrected chi connectivity index (χ1v) is 12.7. The predicted octanol–water partition coefficient (Wildman–Crippen LogP) is 5.06. The van der Waals surface area contributed by atoms with Crippen molar-refractivity contribution in [3.8, 4) is 22.9 Å². The van der Waals surface area contributed by atoms with E-state index in [0.29, 0.717) is 17.7 Å². The molecule has 0 bridgehead atoms. The summed E-state index contributed by atoms with van der Waals surface area (Å²) >= 11 is 12.5. The normalized spacial score (nSPS) is 10.8. The van der Waals surface area contributed by atoms with Crippen LogP contribution in [0.25, 0.3) is 22.9 Å². The van der Waals surface area contributed by atoms with Gasteiger partial charge in [-0.25, -0.2) is 14.3 Å². The molecule has 0 saturated heterocycles. The van der Waals surface area contributed by atoms with Gasteiger partial charge in [-0.05, 0) is 36.2 Å². The fourth-order valence-electron chi connectivity index (χ4n) is 4.07. The third kappa shape index (κ3) is 5.63. The van der Waals surface area contributed by atoms with Gasteiger partial charge in [0, 0.05) is 12.0 Å². The lowest BCUT2D eigenvalue weighted by molar-refractivity contribution is -0.116. The number of carboxylic acid groups (broad SMARTS) is 1. The summed E-state index contributed by atoms with van der Waals surface area (Å²) in [5.41, 5.74) is 1.97. The number of carbonyl (C=O) groups is 2. The Bertz CT molecular complexity index is 1770. The minimum atomic E-state index is -1.12. The molecular formula is C28H20Cl2N6O4. The van der Waals surface area contributed by atoms with Crippen LogP contribution in [0.1, 0.15) is 22.3 Å². The first-order valence-electron chi connectivity index (χ1n) is 12.0. The lowest BCUT2D eigenvalue weighted by atomic mass is 10.1. The number of hydrogen-bond acceptors (Lipinski definition) is 6. The number of nitrogens with zero attached hydrogens (tertiary/aromatic N) is 5.